The summed E-state index contributed by atoms with van der Waals surface area (Å²) in [6, 6.07) is 36.0. The number of aliphatic hydroxyl groups is 8. The van der Waals surface area contributed by atoms with Crippen LogP contribution in [0.5, 0.6) is 28.7 Å². The summed E-state index contributed by atoms with van der Waals surface area (Å²) in [5.41, 5.74) is 0. The summed E-state index contributed by atoms with van der Waals surface area (Å²) < 4.78 is 83.3. The highest BCUT2D eigenvalue weighted by Crippen LogP contribution is 2.48. The maximum Gasteiger partial charge on any atom is 0.306 e. The van der Waals surface area contributed by atoms with Gasteiger partial charge in [0.25, 0.3) is 0 Å². The Labute approximate surface area is 872 Å². The topological polar surface area (TPSA) is 317 Å². The van der Waals surface area contributed by atoms with Crippen molar-refractivity contribution in [2.75, 3.05) is 46.2 Å². The zero-order chi connectivity index (χ0) is 98.8. The molecule has 2 heterocycles. The van der Waals surface area contributed by atoms with Crippen LogP contribution in [0.25, 0.3) is 0 Å². The summed E-state index contributed by atoms with van der Waals surface area (Å²) in [5, 5.41) is 82.2. The lowest BCUT2D eigenvalue weighted by atomic mass is 9.89. The van der Waals surface area contributed by atoms with E-state index in [0.29, 0.717) is 119 Å². The molecule has 2 saturated heterocycles. The third kappa shape index (κ3) is 42.9. The molecule has 5 saturated carbocycles. The van der Waals surface area contributed by atoms with E-state index in [2.05, 4.69) is 137 Å². The van der Waals surface area contributed by atoms with Gasteiger partial charge in [-0.05, 0) is 179 Å². The van der Waals surface area contributed by atoms with E-state index >= 15 is 0 Å². The highest BCUT2D eigenvalue weighted by molar-refractivity contribution is 7.11. The van der Waals surface area contributed by atoms with E-state index < -0.39 is 30.7 Å². The summed E-state index contributed by atoms with van der Waals surface area (Å²) in [6.45, 7) is 4.14. The lowest BCUT2D eigenvalue weighted by Gasteiger charge is -2.21. The third-order valence-corrected chi connectivity index (χ3v) is 29.1. The fraction of sp³-hybridized carbons (Fsp3) is 0.535. The normalized spacial score (nSPS) is 27.6. The third-order valence-electron chi connectivity index (χ3n) is 25.1. The van der Waals surface area contributed by atoms with E-state index in [0.717, 1.165) is 70.6 Å². The minimum absolute atomic E-state index is 0. The van der Waals surface area contributed by atoms with Crippen molar-refractivity contribution in [3.05, 3.63) is 244 Å². The lowest BCUT2D eigenvalue weighted by molar-refractivity contribution is -0.141. The van der Waals surface area contributed by atoms with Gasteiger partial charge in [-0.15, -0.1) is 0 Å². The van der Waals surface area contributed by atoms with Crippen LogP contribution < -0.4 is 23.7 Å². The van der Waals surface area contributed by atoms with Crippen molar-refractivity contribution in [1.29, 1.82) is 0 Å². The highest BCUT2D eigenvalue weighted by Gasteiger charge is 2.51. The van der Waals surface area contributed by atoms with Gasteiger partial charge in [0, 0.05) is 200 Å². The van der Waals surface area contributed by atoms with Crippen molar-refractivity contribution in [3.8, 4) is 28.7 Å². The van der Waals surface area contributed by atoms with Crippen LogP contribution in [-0.2, 0) is 50.5 Å². The number of carbonyl (C=O) groups is 1. The molecule has 7 aliphatic rings. The molecule has 138 heavy (non-hydrogen) atoms. The number of halogens is 5. The second kappa shape index (κ2) is 69.0. The Morgan fingerprint density at radius 2 is 0.717 bits per heavy atom. The first kappa shape index (κ1) is 122. The molecular formula is C101H161Cl5O24P8. The number of esters is 1. The van der Waals surface area contributed by atoms with Gasteiger partial charge in [-0.1, -0.05) is 213 Å². The molecule has 0 amide bonds. The average molecular weight is 2200 g/mol. The first-order chi connectivity index (χ1) is 66.4. The van der Waals surface area contributed by atoms with Gasteiger partial charge >= 0.3 is 5.97 Å². The molecule has 34 atom stereocenters. The van der Waals surface area contributed by atoms with E-state index in [-0.39, 0.29) is 171 Å². The Morgan fingerprint density at radius 1 is 0.391 bits per heavy atom. The molecular weight excluding hydrogens is 2020 g/mol. The van der Waals surface area contributed by atoms with Gasteiger partial charge in [0.15, 0.2) is 6.29 Å². The second-order valence-electron chi connectivity index (χ2n) is 34.7. The Morgan fingerprint density at radius 3 is 1.07 bits per heavy atom. The van der Waals surface area contributed by atoms with Gasteiger partial charge in [-0.3, -0.25) is 4.79 Å². The second-order valence-corrected chi connectivity index (χ2v) is 39.0. The Kier molecular flexibility index (Phi) is 60.8. The molecule has 5 aromatic rings. The largest absolute Gasteiger partial charge is 0.491 e. The molecule has 784 valence electrons. The lowest BCUT2D eigenvalue weighted by Crippen LogP contribution is -2.22. The molecule has 7 fully saturated rings. The van der Waals surface area contributed by atoms with E-state index in [4.69, 9.17) is 138 Å². The summed E-state index contributed by atoms with van der Waals surface area (Å²) in [4.78, 5) is 11.5. The number of hydrogen-bond donors (Lipinski definition) is 8. The standard InChI is InChI=1S/C22H33ClO5P2.C22H31ClO5.C22H33ClO4P2.C17H23ClO5P2.C17H21ClO5P2.CH4.8H2/c23-16-7-6-8-17(13-16)26-15-18(27-29)10-11-20-19(21(25)14-22(20)28-30)9-4-2-1-3-5-12-24;23-16-7-6-8-18(13-16)28-15-17(25)10-11-20-19(21(26)14-22(20)27)9-4-2-1-3-5-12-24;1-2-3-4-5-6-10-19-20(22(27-29)14-21(19)24)12-11-18(26-28)15-25-17-9-7-8-16(23)13-17;2*18-10-2-1-3-11(6-10)20-9-12(22-24)4-5-13-14-7-17(19)21-15(14)8-16(13)23-25;;;;;;;;;/h2,4,6-8,10-11,13,18-22,24-25H,1,3,5,9,12,14-15,29-30H2;2,4,6-8,10-11,13,17,19-22,24-27H,1,3,5,9,12,14-15H2;5-9,11-13,18-22,24H,2-4,10,14-15,28-29H2,1H3;1-6,12-17,19H,7-9,24-25H2;1-6,12-16H,7-9,24-25H2;1H4;8*1H/b2*4-2-,11-10+;6-5-,12-11+;2*5-4+;;;;;;;;;/t18?,19-,20-,21?,22?;17?,19-,20-,21?,22?;18?,19-,20-,21?,22?;12?,13-,14-,15?,16?,17?;12?,13-,14-,15?,16?;;;;;;;;;/m11111........./s1/i;;;;;;8*1+2. The number of hydrogen-bond acceptors (Lipinski definition) is 24. The Balaban J connectivity index is 0. The minimum Gasteiger partial charge on any atom is -0.491 e. The maximum atomic E-state index is 11.5. The molecule has 0 spiro atoms. The first-order valence-electron chi connectivity index (χ1n) is 46.7. The van der Waals surface area contributed by atoms with Crippen molar-refractivity contribution in [3.63, 3.8) is 0 Å². The quantitative estimate of drug-likeness (QED) is 0.00776. The van der Waals surface area contributed by atoms with Crippen molar-refractivity contribution in [2.45, 2.75) is 234 Å². The average Bonchev–Trinajstić information content (AvgIpc) is 1.64. The van der Waals surface area contributed by atoms with Crippen LogP contribution in [0, 0.1) is 59.2 Å². The number of rotatable bonds is 50. The van der Waals surface area contributed by atoms with E-state index in [1.165, 1.54) is 12.8 Å². The smallest absolute Gasteiger partial charge is 0.306 e. The molecule has 2 aliphatic heterocycles. The summed E-state index contributed by atoms with van der Waals surface area (Å²) in [7, 11) is 18.4. The molecule has 37 heteroatoms. The van der Waals surface area contributed by atoms with E-state index in [1.807, 2.05) is 85.0 Å². The molecule has 0 bridgehead atoms. The van der Waals surface area contributed by atoms with Crippen molar-refractivity contribution in [1.82, 2.24) is 0 Å². The van der Waals surface area contributed by atoms with Crippen LogP contribution in [0.2, 0.25) is 25.1 Å². The molecule has 5 aromatic carbocycles. The van der Waals surface area contributed by atoms with E-state index in [1.54, 1.807) is 78.9 Å². The molecule has 24 unspecified atom stereocenters. The molecule has 0 aromatic heterocycles. The van der Waals surface area contributed by atoms with Crippen LogP contribution >= 0.6 is 134 Å². The van der Waals surface area contributed by atoms with Crippen molar-refractivity contribution >= 4 is 140 Å². The van der Waals surface area contributed by atoms with Gasteiger partial charge < -0.3 is 110 Å². The zero-order valence-corrected chi connectivity index (χ0v) is 90.3. The van der Waals surface area contributed by atoms with Gasteiger partial charge in [-0.2, -0.15) is 0 Å². The summed E-state index contributed by atoms with van der Waals surface area (Å²) in [6.07, 6.45) is 43.2. The van der Waals surface area contributed by atoms with Gasteiger partial charge in [0.2, 0.25) is 0 Å². The number of allylic oxidation sites excluding steroid dienone is 6. The highest BCUT2D eigenvalue weighted by atomic mass is 35.5. The van der Waals surface area contributed by atoms with Crippen molar-refractivity contribution < 1.29 is 126 Å². The Hall–Kier alpha value is -3.30. The van der Waals surface area contributed by atoms with Crippen molar-refractivity contribution in [2.24, 2.45) is 59.2 Å². The first-order valence-corrected chi connectivity index (χ1v) is 52.3. The predicted octanol–water partition coefficient (Wildman–Crippen LogP) is 23.1. The van der Waals surface area contributed by atoms with Crippen LogP contribution in [0.3, 0.4) is 0 Å². The Bertz CT molecular complexity index is 4520. The van der Waals surface area contributed by atoms with Crippen LogP contribution in [0.15, 0.2) is 219 Å². The van der Waals surface area contributed by atoms with Crippen LogP contribution in [0.1, 0.15) is 148 Å². The van der Waals surface area contributed by atoms with E-state index in [9.17, 15) is 35.4 Å². The molecule has 24 nitrogen and oxygen atoms in total. The predicted molar refractivity (Wildman–Crippen MR) is 591 cm³/mol. The van der Waals surface area contributed by atoms with Gasteiger partial charge in [0.05, 0.1) is 61.4 Å². The fourth-order valence-electron chi connectivity index (χ4n) is 17.9. The maximum absolute atomic E-state index is 11.5. The zero-order valence-electron chi connectivity index (χ0n) is 77.3. The SMILES string of the molecule is C.CCCC/C=C\C[C@H]1C(O)CC(OP)[C@@H]1/C=C/C(COc1cccc(Cl)c1)OP.O=C1C[C@H]2C(CC(OP)[C@@H]2/C=C/C(COc2cccc(Cl)c2)OP)O1.OC1C[C@H]2C(CC(OP)[C@@H]2/C=C/C(COc2cccc(Cl)c2)OP)O1.OCCCC/C=C\C[C@H]1C(O)CC(O)[C@@H]1/C=C/C(O)COc1cccc(Cl)c1.OCCCC/C=C\C[C@H]1C(O)CC(OP)[C@@H]1/C=C/C(COc1cccc(Cl)c1)OP.[3HH].[3HH].[3HH].[3HH].[3HH].[3HH].[3HH].[3HH]. The summed E-state index contributed by atoms with van der Waals surface area (Å²) >= 11 is 29.8. The van der Waals surface area contributed by atoms with Crippen LogP contribution in [0.4, 0.5) is 0 Å². The monoisotopic (exact) mass is 2200 g/mol. The molecule has 12 rings (SSSR count). The fourth-order valence-corrected chi connectivity index (χ4v) is 20.6. The molecule has 8 N–H and O–H groups in total. The summed E-state index contributed by atoms with van der Waals surface area (Å²) in [5.74, 6) is 4.07. The van der Waals surface area contributed by atoms with Crippen LogP contribution in [-0.4, -0.2) is 191 Å². The van der Waals surface area contributed by atoms with Gasteiger partial charge in [-0.25, -0.2) is 0 Å². The number of carbonyl (C=O) groups excluding carboxylic acids is 1. The molecule has 0 radical (unpaired) electrons. The van der Waals surface area contributed by atoms with Gasteiger partial charge in [0.1, 0.15) is 98.4 Å². The number of aliphatic hydroxyl groups excluding tert-OH is 8. The number of benzene rings is 5. The minimum atomic E-state index is -0.821. The number of fused-ring (bicyclic) bond motifs is 2. The molecule has 5 aliphatic carbocycles. The number of ether oxygens (including phenoxy) is 7. The number of unbranched alkanes of at least 4 members (excludes halogenated alkanes) is 6.